The van der Waals surface area contributed by atoms with E-state index < -0.39 is 11.6 Å². The standard InChI is InChI=1S/C14H16F2N2/c1-9-5-6-18(10(2)7-9)12-4-3-11(8-17)13(15)14(12)16/h3-4,9-10H,5-7H2,1-2H3. The Morgan fingerprint density at radius 3 is 2.61 bits per heavy atom. The molecule has 2 nitrogen and oxygen atoms in total. The first-order valence-corrected chi connectivity index (χ1v) is 6.19. The molecule has 2 unspecified atom stereocenters. The predicted molar refractivity (Wildman–Crippen MR) is 66.3 cm³/mol. The second-order valence-corrected chi connectivity index (χ2v) is 5.04. The van der Waals surface area contributed by atoms with Gasteiger partial charge in [0.1, 0.15) is 6.07 Å². The largest absolute Gasteiger partial charge is 0.366 e. The Morgan fingerprint density at radius 1 is 1.28 bits per heavy atom. The van der Waals surface area contributed by atoms with E-state index in [-0.39, 0.29) is 17.3 Å². The number of halogens is 2. The molecule has 1 aliphatic rings. The molecule has 0 saturated carbocycles. The summed E-state index contributed by atoms with van der Waals surface area (Å²) in [5.41, 5.74) is 0.0279. The minimum atomic E-state index is -1.04. The summed E-state index contributed by atoms with van der Waals surface area (Å²) < 4.78 is 27.5. The van der Waals surface area contributed by atoms with E-state index in [1.807, 2.05) is 11.8 Å². The quantitative estimate of drug-likeness (QED) is 0.763. The number of rotatable bonds is 1. The van der Waals surface area contributed by atoms with Crippen LogP contribution in [-0.4, -0.2) is 12.6 Å². The van der Waals surface area contributed by atoms with Crippen LogP contribution >= 0.6 is 0 Å². The van der Waals surface area contributed by atoms with Crippen molar-refractivity contribution < 1.29 is 8.78 Å². The Labute approximate surface area is 106 Å². The average Bonchev–Trinajstić information content (AvgIpc) is 2.34. The molecule has 1 heterocycles. The minimum Gasteiger partial charge on any atom is -0.366 e. The van der Waals surface area contributed by atoms with Crippen molar-refractivity contribution in [3.8, 4) is 6.07 Å². The lowest BCUT2D eigenvalue weighted by molar-refractivity contribution is 0.372. The second-order valence-electron chi connectivity index (χ2n) is 5.04. The fourth-order valence-electron chi connectivity index (χ4n) is 2.61. The highest BCUT2D eigenvalue weighted by molar-refractivity contribution is 5.53. The zero-order chi connectivity index (χ0) is 13.3. The normalized spacial score (nSPS) is 23.8. The van der Waals surface area contributed by atoms with Crippen LogP contribution in [0.5, 0.6) is 0 Å². The molecule has 1 fully saturated rings. The number of piperidine rings is 1. The summed E-state index contributed by atoms with van der Waals surface area (Å²) in [4.78, 5) is 1.89. The fourth-order valence-corrected chi connectivity index (χ4v) is 2.61. The first kappa shape index (κ1) is 12.8. The van der Waals surface area contributed by atoms with E-state index >= 15 is 0 Å². The van der Waals surface area contributed by atoms with Crippen molar-refractivity contribution >= 4 is 5.69 Å². The molecule has 0 aliphatic carbocycles. The first-order chi connectivity index (χ1) is 8.54. The Kier molecular flexibility index (Phi) is 3.51. The third-order valence-electron chi connectivity index (χ3n) is 3.63. The third kappa shape index (κ3) is 2.17. The zero-order valence-electron chi connectivity index (χ0n) is 10.6. The van der Waals surface area contributed by atoms with Gasteiger partial charge < -0.3 is 4.90 Å². The zero-order valence-corrected chi connectivity index (χ0v) is 10.6. The van der Waals surface area contributed by atoms with Crippen molar-refractivity contribution in [2.24, 2.45) is 5.92 Å². The van der Waals surface area contributed by atoms with Crippen molar-refractivity contribution in [2.75, 3.05) is 11.4 Å². The summed E-state index contributed by atoms with van der Waals surface area (Å²) in [6, 6.07) is 4.69. The summed E-state index contributed by atoms with van der Waals surface area (Å²) in [7, 11) is 0. The van der Waals surface area contributed by atoms with Crippen molar-refractivity contribution in [3.63, 3.8) is 0 Å². The van der Waals surface area contributed by atoms with Gasteiger partial charge >= 0.3 is 0 Å². The van der Waals surface area contributed by atoms with Gasteiger partial charge in [-0.2, -0.15) is 5.26 Å². The third-order valence-corrected chi connectivity index (χ3v) is 3.63. The molecule has 0 bridgehead atoms. The van der Waals surface area contributed by atoms with Crippen LogP contribution in [0.3, 0.4) is 0 Å². The Hall–Kier alpha value is -1.63. The summed E-state index contributed by atoms with van der Waals surface area (Å²) in [5.74, 6) is -1.33. The molecule has 1 aromatic carbocycles. The maximum absolute atomic E-state index is 13.9. The van der Waals surface area contributed by atoms with Gasteiger partial charge in [-0.3, -0.25) is 0 Å². The van der Waals surface area contributed by atoms with Crippen molar-refractivity contribution in [1.29, 1.82) is 5.26 Å². The van der Waals surface area contributed by atoms with E-state index in [0.717, 1.165) is 19.4 Å². The van der Waals surface area contributed by atoms with Crippen molar-refractivity contribution in [1.82, 2.24) is 0 Å². The number of hydrogen-bond donors (Lipinski definition) is 0. The van der Waals surface area contributed by atoms with Gasteiger partial charge in [-0.25, -0.2) is 8.78 Å². The lowest BCUT2D eigenvalue weighted by Crippen LogP contribution is -2.40. The number of benzene rings is 1. The van der Waals surface area contributed by atoms with Crippen LogP contribution in [0.25, 0.3) is 0 Å². The first-order valence-electron chi connectivity index (χ1n) is 6.19. The smallest absolute Gasteiger partial charge is 0.183 e. The number of hydrogen-bond acceptors (Lipinski definition) is 2. The van der Waals surface area contributed by atoms with Crippen LogP contribution < -0.4 is 4.90 Å². The van der Waals surface area contributed by atoms with Gasteiger partial charge in [0.15, 0.2) is 11.6 Å². The van der Waals surface area contributed by atoms with Gasteiger partial charge in [-0.15, -0.1) is 0 Å². The van der Waals surface area contributed by atoms with Crippen LogP contribution in [0.2, 0.25) is 0 Å². The highest BCUT2D eigenvalue weighted by Gasteiger charge is 2.26. The molecule has 0 amide bonds. The number of nitriles is 1. The van der Waals surface area contributed by atoms with Crippen molar-refractivity contribution in [2.45, 2.75) is 32.7 Å². The van der Waals surface area contributed by atoms with E-state index in [4.69, 9.17) is 5.26 Å². The molecule has 1 saturated heterocycles. The van der Waals surface area contributed by atoms with E-state index in [0.29, 0.717) is 5.92 Å². The lowest BCUT2D eigenvalue weighted by Gasteiger charge is -2.38. The lowest BCUT2D eigenvalue weighted by atomic mass is 9.93. The van der Waals surface area contributed by atoms with Gasteiger partial charge in [0, 0.05) is 12.6 Å². The van der Waals surface area contributed by atoms with E-state index in [1.54, 1.807) is 6.07 Å². The fraction of sp³-hybridized carbons (Fsp3) is 0.500. The SMILES string of the molecule is CC1CCN(c2ccc(C#N)c(F)c2F)C(C)C1. The molecule has 1 aliphatic heterocycles. The molecule has 4 heteroatoms. The summed E-state index contributed by atoms with van der Waals surface area (Å²) in [5, 5.41) is 8.66. The van der Waals surface area contributed by atoms with Crippen LogP contribution in [0.15, 0.2) is 12.1 Å². The van der Waals surface area contributed by atoms with Crippen molar-refractivity contribution in [3.05, 3.63) is 29.3 Å². The predicted octanol–water partition coefficient (Wildman–Crippen LogP) is 3.46. The Bertz CT molecular complexity index is 493. The molecular formula is C14H16F2N2. The van der Waals surface area contributed by atoms with Gasteiger partial charge in [0.2, 0.25) is 0 Å². The summed E-state index contributed by atoms with van der Waals surface area (Å²) >= 11 is 0. The average molecular weight is 250 g/mol. The number of nitrogens with zero attached hydrogens (tertiary/aromatic N) is 2. The molecule has 0 radical (unpaired) electrons. The molecule has 18 heavy (non-hydrogen) atoms. The molecule has 1 aromatic rings. The van der Waals surface area contributed by atoms with Crippen LogP contribution in [0, 0.1) is 28.9 Å². The maximum Gasteiger partial charge on any atom is 0.183 e. The second kappa shape index (κ2) is 4.93. The van der Waals surface area contributed by atoms with E-state index in [1.165, 1.54) is 12.1 Å². The molecule has 2 atom stereocenters. The Balaban J connectivity index is 2.35. The van der Waals surface area contributed by atoms with Crippen LogP contribution in [-0.2, 0) is 0 Å². The Morgan fingerprint density at radius 2 is 2.00 bits per heavy atom. The maximum atomic E-state index is 13.9. The highest BCUT2D eigenvalue weighted by atomic mass is 19.2. The van der Waals surface area contributed by atoms with E-state index in [9.17, 15) is 8.78 Å². The summed E-state index contributed by atoms with van der Waals surface area (Å²) in [6.45, 7) is 4.92. The van der Waals surface area contributed by atoms with Gasteiger partial charge in [0.25, 0.3) is 0 Å². The molecule has 0 N–H and O–H groups in total. The number of anilines is 1. The molecular weight excluding hydrogens is 234 g/mol. The molecule has 96 valence electrons. The van der Waals surface area contributed by atoms with Gasteiger partial charge in [-0.1, -0.05) is 6.92 Å². The topological polar surface area (TPSA) is 27.0 Å². The molecule has 2 rings (SSSR count). The van der Waals surface area contributed by atoms with Crippen LogP contribution in [0.1, 0.15) is 32.3 Å². The summed E-state index contributed by atoms with van der Waals surface area (Å²) in [6.07, 6.45) is 1.95. The van der Waals surface area contributed by atoms with Gasteiger partial charge in [-0.05, 0) is 37.8 Å². The highest BCUT2D eigenvalue weighted by Crippen LogP contribution is 2.31. The minimum absolute atomic E-state index is 0.190. The van der Waals surface area contributed by atoms with Gasteiger partial charge in [0.05, 0.1) is 11.3 Å². The molecule has 0 spiro atoms. The van der Waals surface area contributed by atoms with E-state index in [2.05, 4.69) is 6.92 Å². The molecule has 0 aromatic heterocycles. The monoisotopic (exact) mass is 250 g/mol. The van der Waals surface area contributed by atoms with Crippen LogP contribution in [0.4, 0.5) is 14.5 Å².